The number of ether oxygens (including phenoxy) is 2. The van der Waals surface area contributed by atoms with Gasteiger partial charge in [0.05, 0.1) is 5.56 Å². The topological polar surface area (TPSA) is 61.5 Å². The van der Waals surface area contributed by atoms with E-state index in [0.717, 1.165) is 4.47 Å². The molecule has 0 saturated carbocycles. The van der Waals surface area contributed by atoms with E-state index < -0.39 is 5.97 Å². The average Bonchev–Trinajstić information content (AvgIpc) is 2.23. The Kier molecular flexibility index (Phi) is 4.76. The second kappa shape index (κ2) is 5.86. The highest BCUT2D eigenvalue weighted by Crippen LogP contribution is 2.23. The predicted molar refractivity (Wildman–Crippen MR) is 65.2 cm³/mol. The van der Waals surface area contributed by atoms with Gasteiger partial charge < -0.3 is 15.2 Å². The van der Waals surface area contributed by atoms with E-state index in [1.165, 1.54) is 0 Å². The van der Waals surface area contributed by atoms with Crippen LogP contribution in [-0.4, -0.2) is 19.4 Å². The minimum atomic E-state index is -0.432. The normalized spacial score (nSPS) is 10.2. The molecule has 0 atom stereocenters. The van der Waals surface area contributed by atoms with Crippen LogP contribution in [0.2, 0.25) is 0 Å². The van der Waals surface area contributed by atoms with Gasteiger partial charge in [-0.1, -0.05) is 15.9 Å². The van der Waals surface area contributed by atoms with Crippen molar-refractivity contribution in [3.8, 4) is 0 Å². The zero-order chi connectivity index (χ0) is 12.1. The minimum absolute atomic E-state index is 0.0405. The van der Waals surface area contributed by atoms with Gasteiger partial charge in [0.2, 0.25) is 0 Å². The maximum absolute atomic E-state index is 11.7. The van der Waals surface area contributed by atoms with E-state index in [4.69, 9.17) is 15.2 Å². The van der Waals surface area contributed by atoms with Gasteiger partial charge in [-0.05, 0) is 31.5 Å². The number of hydrogen-bond donors (Lipinski definition) is 1. The van der Waals surface area contributed by atoms with E-state index in [0.29, 0.717) is 23.4 Å². The van der Waals surface area contributed by atoms with Gasteiger partial charge in [-0.2, -0.15) is 0 Å². The SMILES string of the molecule is CCOCOC(=O)c1cc(Br)cc(N)c1C. The maximum atomic E-state index is 11.7. The number of nitrogens with two attached hydrogens (primary N) is 1. The minimum Gasteiger partial charge on any atom is -0.435 e. The molecule has 2 N–H and O–H groups in total. The van der Waals surface area contributed by atoms with Gasteiger partial charge in [-0.15, -0.1) is 0 Å². The molecular formula is C11H14BrNO3. The Bertz CT molecular complexity index is 393. The van der Waals surface area contributed by atoms with Crippen LogP contribution in [0.15, 0.2) is 16.6 Å². The summed E-state index contributed by atoms with van der Waals surface area (Å²) < 4.78 is 10.6. The Morgan fingerprint density at radius 1 is 1.50 bits per heavy atom. The summed E-state index contributed by atoms with van der Waals surface area (Å²) in [5.41, 5.74) is 7.46. The van der Waals surface area contributed by atoms with Crippen LogP contribution in [0.1, 0.15) is 22.8 Å². The van der Waals surface area contributed by atoms with Crippen LogP contribution in [-0.2, 0) is 9.47 Å². The van der Waals surface area contributed by atoms with Crippen LogP contribution in [0.25, 0.3) is 0 Å². The first kappa shape index (κ1) is 13.0. The number of carbonyl (C=O) groups is 1. The van der Waals surface area contributed by atoms with Crippen LogP contribution < -0.4 is 5.73 Å². The zero-order valence-corrected chi connectivity index (χ0v) is 10.8. The molecule has 0 unspecified atom stereocenters. The quantitative estimate of drug-likeness (QED) is 0.400. The van der Waals surface area contributed by atoms with Crippen LogP contribution in [0, 0.1) is 6.92 Å². The Balaban J connectivity index is 2.82. The van der Waals surface area contributed by atoms with Crippen molar-refractivity contribution in [3.63, 3.8) is 0 Å². The number of benzene rings is 1. The van der Waals surface area contributed by atoms with Crippen molar-refractivity contribution < 1.29 is 14.3 Å². The monoisotopic (exact) mass is 287 g/mol. The van der Waals surface area contributed by atoms with Gasteiger partial charge in [0.15, 0.2) is 6.79 Å². The van der Waals surface area contributed by atoms with Gasteiger partial charge in [0.1, 0.15) is 0 Å². The maximum Gasteiger partial charge on any atom is 0.340 e. The molecule has 0 radical (unpaired) electrons. The summed E-state index contributed by atoms with van der Waals surface area (Å²) >= 11 is 3.28. The van der Waals surface area contributed by atoms with E-state index in [-0.39, 0.29) is 6.79 Å². The Labute approximate surface area is 103 Å². The summed E-state index contributed by atoms with van der Waals surface area (Å²) in [7, 11) is 0. The molecule has 0 aliphatic rings. The highest BCUT2D eigenvalue weighted by Gasteiger charge is 2.13. The molecule has 0 fully saturated rings. The fraction of sp³-hybridized carbons (Fsp3) is 0.364. The third kappa shape index (κ3) is 3.21. The van der Waals surface area contributed by atoms with E-state index >= 15 is 0 Å². The van der Waals surface area contributed by atoms with Crippen molar-refractivity contribution in [2.45, 2.75) is 13.8 Å². The summed E-state index contributed by atoms with van der Waals surface area (Å²) in [6, 6.07) is 3.43. The molecule has 0 aliphatic heterocycles. The fourth-order valence-electron chi connectivity index (χ4n) is 1.17. The van der Waals surface area contributed by atoms with Crippen LogP contribution in [0.5, 0.6) is 0 Å². The molecule has 0 saturated heterocycles. The summed E-state index contributed by atoms with van der Waals surface area (Å²) in [5.74, 6) is -0.432. The molecule has 1 aromatic carbocycles. The number of anilines is 1. The number of hydrogen-bond acceptors (Lipinski definition) is 4. The lowest BCUT2D eigenvalue weighted by Gasteiger charge is -2.09. The number of nitrogen functional groups attached to an aromatic ring is 1. The van der Waals surface area contributed by atoms with E-state index in [9.17, 15) is 4.79 Å². The van der Waals surface area contributed by atoms with Crippen molar-refractivity contribution >= 4 is 27.6 Å². The lowest BCUT2D eigenvalue weighted by Crippen LogP contribution is -2.11. The molecule has 0 bridgehead atoms. The number of carbonyl (C=O) groups excluding carboxylic acids is 1. The van der Waals surface area contributed by atoms with Gasteiger partial charge >= 0.3 is 5.97 Å². The van der Waals surface area contributed by atoms with Gasteiger partial charge in [0, 0.05) is 16.8 Å². The van der Waals surface area contributed by atoms with Crippen molar-refractivity contribution in [2.24, 2.45) is 0 Å². The molecule has 4 nitrogen and oxygen atoms in total. The Hall–Kier alpha value is -1.07. The summed E-state index contributed by atoms with van der Waals surface area (Å²) in [6.07, 6.45) is 0. The van der Waals surface area contributed by atoms with Crippen molar-refractivity contribution in [2.75, 3.05) is 19.1 Å². The van der Waals surface area contributed by atoms with E-state index in [1.54, 1.807) is 19.1 Å². The van der Waals surface area contributed by atoms with Gasteiger partial charge in [-0.3, -0.25) is 0 Å². The predicted octanol–water partition coefficient (Wildman–Crippen LogP) is 2.49. The molecule has 0 spiro atoms. The number of esters is 1. The molecule has 5 heteroatoms. The molecule has 0 aromatic heterocycles. The third-order valence-corrected chi connectivity index (χ3v) is 2.57. The molecule has 1 aromatic rings. The molecule has 16 heavy (non-hydrogen) atoms. The fourth-order valence-corrected chi connectivity index (χ4v) is 1.64. The first-order valence-electron chi connectivity index (χ1n) is 4.86. The van der Waals surface area contributed by atoms with Crippen molar-refractivity contribution in [1.82, 2.24) is 0 Å². The van der Waals surface area contributed by atoms with Crippen LogP contribution in [0.3, 0.4) is 0 Å². The van der Waals surface area contributed by atoms with Crippen molar-refractivity contribution in [3.05, 3.63) is 27.7 Å². The number of halogens is 1. The largest absolute Gasteiger partial charge is 0.435 e. The summed E-state index contributed by atoms with van der Waals surface area (Å²) in [5, 5.41) is 0. The molecule has 0 amide bonds. The molecule has 0 aliphatic carbocycles. The lowest BCUT2D eigenvalue weighted by molar-refractivity contribution is -0.0275. The second-order valence-corrected chi connectivity index (χ2v) is 4.13. The average molecular weight is 288 g/mol. The second-order valence-electron chi connectivity index (χ2n) is 3.21. The van der Waals surface area contributed by atoms with Gasteiger partial charge in [0.25, 0.3) is 0 Å². The first-order valence-corrected chi connectivity index (χ1v) is 5.66. The zero-order valence-electron chi connectivity index (χ0n) is 9.25. The highest BCUT2D eigenvalue weighted by atomic mass is 79.9. The van der Waals surface area contributed by atoms with E-state index in [2.05, 4.69) is 15.9 Å². The summed E-state index contributed by atoms with van der Waals surface area (Å²) in [6.45, 7) is 4.07. The first-order chi connectivity index (χ1) is 7.56. The van der Waals surface area contributed by atoms with Crippen LogP contribution >= 0.6 is 15.9 Å². The third-order valence-electron chi connectivity index (χ3n) is 2.11. The van der Waals surface area contributed by atoms with E-state index in [1.807, 2.05) is 6.92 Å². The Morgan fingerprint density at radius 2 is 2.19 bits per heavy atom. The standard InChI is InChI=1S/C11H14BrNO3/c1-3-15-6-16-11(14)9-4-8(12)5-10(13)7(9)2/h4-5H,3,6,13H2,1-2H3. The Morgan fingerprint density at radius 3 is 2.81 bits per heavy atom. The lowest BCUT2D eigenvalue weighted by atomic mass is 10.1. The number of rotatable bonds is 4. The molecule has 0 heterocycles. The summed E-state index contributed by atoms with van der Waals surface area (Å²) in [4.78, 5) is 11.7. The molecular weight excluding hydrogens is 274 g/mol. The smallest absolute Gasteiger partial charge is 0.340 e. The highest BCUT2D eigenvalue weighted by molar-refractivity contribution is 9.10. The van der Waals surface area contributed by atoms with Crippen molar-refractivity contribution in [1.29, 1.82) is 0 Å². The molecule has 1 rings (SSSR count). The molecule has 88 valence electrons. The van der Waals surface area contributed by atoms with Gasteiger partial charge in [-0.25, -0.2) is 4.79 Å². The van der Waals surface area contributed by atoms with Crippen LogP contribution in [0.4, 0.5) is 5.69 Å².